The summed E-state index contributed by atoms with van der Waals surface area (Å²) in [7, 11) is 0. The van der Waals surface area contributed by atoms with Crippen LogP contribution in [0.5, 0.6) is 0 Å². The Morgan fingerprint density at radius 3 is 2.25 bits per heavy atom. The van der Waals surface area contributed by atoms with Crippen LogP contribution in [-0.2, 0) is 16.1 Å². The number of halogens is 1. The van der Waals surface area contributed by atoms with Gasteiger partial charge in [0.15, 0.2) is 0 Å². The quantitative estimate of drug-likeness (QED) is 0.275. The SMILES string of the molecule is C=C/C=C(\C(=C)Cl)C(=O)N/C(OCc1ccccc1)=C(/N=C)c1ccccc1. The molecule has 0 aliphatic heterocycles. The number of rotatable bonds is 9. The second-order valence-corrected chi connectivity index (χ2v) is 6.11. The summed E-state index contributed by atoms with van der Waals surface area (Å²) in [5.41, 5.74) is 2.27. The smallest absolute Gasteiger partial charge is 0.259 e. The van der Waals surface area contributed by atoms with Gasteiger partial charge in [0.2, 0.25) is 5.88 Å². The first-order valence-corrected chi connectivity index (χ1v) is 8.86. The molecule has 1 amide bonds. The van der Waals surface area contributed by atoms with E-state index in [1.807, 2.05) is 60.7 Å². The Morgan fingerprint density at radius 2 is 1.71 bits per heavy atom. The first-order valence-electron chi connectivity index (χ1n) is 8.48. The van der Waals surface area contributed by atoms with Gasteiger partial charge in [0.25, 0.3) is 5.91 Å². The van der Waals surface area contributed by atoms with E-state index in [9.17, 15) is 4.79 Å². The maximum Gasteiger partial charge on any atom is 0.259 e. The maximum atomic E-state index is 12.7. The largest absolute Gasteiger partial charge is 0.472 e. The number of carbonyl (C=O) groups excluding carboxylic acids is 1. The predicted octanol–water partition coefficient (Wildman–Crippen LogP) is 5.21. The standard InChI is InChI=1S/C23H21ClN2O2/c1-4-11-20(17(2)24)22(27)26-23(28-16-18-12-7-5-8-13-18)21(25-3)19-14-9-6-10-15-19/h4-15H,1-3,16H2,(H,26,27)/b20-11+,23-21-. The van der Waals surface area contributed by atoms with Crippen LogP contribution < -0.4 is 5.32 Å². The Hall–Kier alpha value is -3.37. The number of carbonyl (C=O) groups is 1. The monoisotopic (exact) mass is 392 g/mol. The molecule has 0 atom stereocenters. The molecule has 0 aromatic heterocycles. The molecule has 0 saturated carbocycles. The molecule has 1 N–H and O–H groups in total. The van der Waals surface area contributed by atoms with Crippen molar-refractivity contribution in [2.45, 2.75) is 6.61 Å². The molecule has 0 radical (unpaired) electrons. The van der Waals surface area contributed by atoms with E-state index in [1.165, 1.54) is 12.2 Å². The Morgan fingerprint density at radius 1 is 1.11 bits per heavy atom. The number of ether oxygens (including phenoxy) is 1. The van der Waals surface area contributed by atoms with Crippen LogP contribution >= 0.6 is 11.6 Å². The zero-order chi connectivity index (χ0) is 20.4. The number of nitrogens with one attached hydrogen (secondary N) is 1. The number of allylic oxidation sites excluding steroid dienone is 2. The molecule has 0 spiro atoms. The minimum absolute atomic E-state index is 0.0904. The summed E-state index contributed by atoms with van der Waals surface area (Å²) in [4.78, 5) is 16.8. The number of amides is 1. The molecular weight excluding hydrogens is 372 g/mol. The fourth-order valence-electron chi connectivity index (χ4n) is 2.36. The van der Waals surface area contributed by atoms with Crippen molar-refractivity contribution in [2.24, 2.45) is 4.99 Å². The van der Waals surface area contributed by atoms with Crippen LogP contribution in [0, 0.1) is 0 Å². The maximum absolute atomic E-state index is 12.7. The Kier molecular flexibility index (Phi) is 8.00. The van der Waals surface area contributed by atoms with Crippen molar-refractivity contribution >= 4 is 29.9 Å². The zero-order valence-corrected chi connectivity index (χ0v) is 16.2. The van der Waals surface area contributed by atoms with Crippen LogP contribution in [0.3, 0.4) is 0 Å². The van der Waals surface area contributed by atoms with Gasteiger partial charge in [0.05, 0.1) is 5.57 Å². The molecule has 0 aliphatic rings. The van der Waals surface area contributed by atoms with Gasteiger partial charge >= 0.3 is 0 Å². The van der Waals surface area contributed by atoms with Crippen molar-refractivity contribution in [2.75, 3.05) is 0 Å². The molecule has 0 unspecified atom stereocenters. The Bertz CT molecular complexity index is 916. The molecule has 142 valence electrons. The summed E-state index contributed by atoms with van der Waals surface area (Å²) in [5.74, 6) is -0.317. The highest BCUT2D eigenvalue weighted by Gasteiger charge is 2.17. The summed E-state index contributed by atoms with van der Waals surface area (Å²) in [6.07, 6.45) is 2.93. The molecule has 2 aromatic rings. The number of hydrogen-bond acceptors (Lipinski definition) is 3. The Balaban J connectivity index is 2.40. The van der Waals surface area contributed by atoms with E-state index in [2.05, 4.69) is 30.2 Å². The number of nitrogens with zero attached hydrogens (tertiary/aromatic N) is 1. The highest BCUT2D eigenvalue weighted by atomic mass is 35.5. The number of benzene rings is 2. The second kappa shape index (κ2) is 10.7. The van der Waals surface area contributed by atoms with Gasteiger partial charge in [-0.2, -0.15) is 0 Å². The normalized spacial score (nSPS) is 11.8. The summed E-state index contributed by atoms with van der Waals surface area (Å²) in [6.45, 7) is 11.1. The van der Waals surface area contributed by atoms with Gasteiger partial charge in [-0.05, 0) is 18.4 Å². The van der Waals surface area contributed by atoms with Gasteiger partial charge in [-0.15, -0.1) is 0 Å². The Labute approximate surface area is 170 Å². The second-order valence-electron chi connectivity index (χ2n) is 5.65. The third-order valence-electron chi connectivity index (χ3n) is 3.69. The van der Waals surface area contributed by atoms with E-state index in [0.717, 1.165) is 11.1 Å². The lowest BCUT2D eigenvalue weighted by Crippen LogP contribution is -2.27. The van der Waals surface area contributed by atoms with Crippen molar-refractivity contribution in [3.05, 3.63) is 114 Å². The van der Waals surface area contributed by atoms with Crippen LogP contribution in [0.2, 0.25) is 0 Å². The lowest BCUT2D eigenvalue weighted by atomic mass is 10.1. The van der Waals surface area contributed by atoms with Crippen molar-refractivity contribution in [1.29, 1.82) is 0 Å². The summed E-state index contributed by atoms with van der Waals surface area (Å²) in [5, 5.41) is 2.82. The first kappa shape index (κ1) is 20.9. The molecule has 28 heavy (non-hydrogen) atoms. The average molecular weight is 393 g/mol. The molecule has 2 rings (SSSR count). The average Bonchev–Trinajstić information content (AvgIpc) is 2.71. The number of aliphatic imine (C=N–C) groups is 1. The van der Waals surface area contributed by atoms with Crippen molar-refractivity contribution < 1.29 is 9.53 Å². The van der Waals surface area contributed by atoms with Gasteiger partial charge in [-0.1, -0.05) is 91.5 Å². The lowest BCUT2D eigenvalue weighted by Gasteiger charge is -2.16. The third kappa shape index (κ3) is 5.83. The molecule has 0 saturated heterocycles. The van der Waals surface area contributed by atoms with E-state index in [4.69, 9.17) is 16.3 Å². The fraction of sp³-hybridized carbons (Fsp3) is 0.0435. The molecule has 4 nitrogen and oxygen atoms in total. The molecule has 2 aromatic carbocycles. The summed E-state index contributed by atoms with van der Waals surface area (Å²) < 4.78 is 5.90. The van der Waals surface area contributed by atoms with E-state index in [0.29, 0.717) is 5.70 Å². The minimum Gasteiger partial charge on any atom is -0.472 e. The highest BCUT2D eigenvalue weighted by molar-refractivity contribution is 6.35. The van der Waals surface area contributed by atoms with E-state index in [-0.39, 0.29) is 23.1 Å². The predicted molar refractivity (Wildman–Crippen MR) is 116 cm³/mol. The van der Waals surface area contributed by atoms with Crippen LogP contribution in [-0.4, -0.2) is 12.6 Å². The molecular formula is C23H21ClN2O2. The summed E-state index contributed by atoms with van der Waals surface area (Å²) in [6, 6.07) is 18.9. The molecule has 0 heterocycles. The highest BCUT2D eigenvalue weighted by Crippen LogP contribution is 2.21. The molecule has 5 heteroatoms. The van der Waals surface area contributed by atoms with Gasteiger partial charge in [0.1, 0.15) is 12.3 Å². The van der Waals surface area contributed by atoms with E-state index < -0.39 is 5.91 Å². The minimum atomic E-state index is -0.486. The van der Waals surface area contributed by atoms with Gasteiger partial charge < -0.3 is 4.74 Å². The van der Waals surface area contributed by atoms with Gasteiger partial charge in [-0.3, -0.25) is 15.1 Å². The number of hydrogen-bond donors (Lipinski definition) is 1. The van der Waals surface area contributed by atoms with Crippen molar-refractivity contribution in [3.63, 3.8) is 0 Å². The van der Waals surface area contributed by atoms with Gasteiger partial charge in [0, 0.05) is 10.6 Å². The van der Waals surface area contributed by atoms with Crippen LogP contribution in [0.4, 0.5) is 0 Å². The van der Waals surface area contributed by atoms with E-state index in [1.54, 1.807) is 0 Å². The summed E-state index contributed by atoms with van der Waals surface area (Å²) >= 11 is 5.94. The topological polar surface area (TPSA) is 50.7 Å². The third-order valence-corrected chi connectivity index (χ3v) is 3.90. The van der Waals surface area contributed by atoms with Gasteiger partial charge in [-0.25, -0.2) is 0 Å². The van der Waals surface area contributed by atoms with Crippen LogP contribution in [0.15, 0.2) is 107 Å². The molecule has 0 fully saturated rings. The van der Waals surface area contributed by atoms with Crippen LogP contribution in [0.25, 0.3) is 5.70 Å². The lowest BCUT2D eigenvalue weighted by molar-refractivity contribution is -0.117. The molecule has 0 bridgehead atoms. The molecule has 0 aliphatic carbocycles. The van der Waals surface area contributed by atoms with Crippen molar-refractivity contribution in [1.82, 2.24) is 5.32 Å². The van der Waals surface area contributed by atoms with E-state index >= 15 is 0 Å². The zero-order valence-electron chi connectivity index (χ0n) is 15.4. The fourth-order valence-corrected chi connectivity index (χ4v) is 2.51. The van der Waals surface area contributed by atoms with Crippen LogP contribution in [0.1, 0.15) is 11.1 Å². The first-order chi connectivity index (χ1) is 13.6. The van der Waals surface area contributed by atoms with Crippen molar-refractivity contribution in [3.8, 4) is 0 Å².